The smallest absolute Gasteiger partial charge is 0.283 e. The monoisotopic (exact) mass is 399 g/mol. The molecular weight excluding hydrogens is 382 g/mol. The Bertz CT molecular complexity index is 822. The third kappa shape index (κ3) is 4.14. The molecule has 0 saturated heterocycles. The summed E-state index contributed by atoms with van der Waals surface area (Å²) >= 11 is 1.17. The maximum Gasteiger partial charge on any atom is 0.283 e. The number of nitro groups is 1. The lowest BCUT2D eigenvalue weighted by Gasteiger charge is -2.17. The van der Waals surface area contributed by atoms with Gasteiger partial charge in [-0.05, 0) is 25.0 Å². The van der Waals surface area contributed by atoms with Crippen molar-refractivity contribution in [3.63, 3.8) is 0 Å². The lowest BCUT2D eigenvalue weighted by molar-refractivity contribution is -0.387. The van der Waals surface area contributed by atoms with Gasteiger partial charge in [-0.1, -0.05) is 18.0 Å². The highest BCUT2D eigenvalue weighted by molar-refractivity contribution is 7.98. The summed E-state index contributed by atoms with van der Waals surface area (Å²) in [6, 6.07) is 4.10. The molecule has 1 heterocycles. The fourth-order valence-corrected chi connectivity index (χ4v) is 3.66. The minimum atomic E-state index is -0.717. The number of benzene rings is 1. The topological polar surface area (TPSA) is 151 Å². The van der Waals surface area contributed by atoms with E-state index in [1.54, 1.807) is 0 Å². The van der Waals surface area contributed by atoms with Gasteiger partial charge in [0.25, 0.3) is 5.69 Å². The minimum absolute atomic E-state index is 0. The normalized spacial score (nSPS) is 15.4. The van der Waals surface area contributed by atoms with E-state index in [1.807, 2.05) is 0 Å². The summed E-state index contributed by atoms with van der Waals surface area (Å²) in [6.07, 6.45) is 3.71. The Kier molecular flexibility index (Phi) is 6.21. The second-order valence-corrected chi connectivity index (χ2v) is 6.98. The summed E-state index contributed by atoms with van der Waals surface area (Å²) < 4.78 is 5.22. The van der Waals surface area contributed by atoms with Gasteiger partial charge in [-0.2, -0.15) is 4.98 Å². The molecule has 2 aromatic rings. The van der Waals surface area contributed by atoms with Crippen molar-refractivity contribution in [2.24, 2.45) is 11.5 Å². The molecule has 0 radical (unpaired) electrons. The van der Waals surface area contributed by atoms with Gasteiger partial charge in [0.2, 0.25) is 11.8 Å². The van der Waals surface area contributed by atoms with Crippen molar-refractivity contribution in [3.8, 4) is 0 Å². The van der Waals surface area contributed by atoms with E-state index in [9.17, 15) is 14.9 Å². The first-order valence-corrected chi connectivity index (χ1v) is 8.70. The van der Waals surface area contributed by atoms with E-state index in [0.717, 1.165) is 31.7 Å². The first kappa shape index (κ1) is 20.1. The van der Waals surface area contributed by atoms with E-state index in [1.165, 1.54) is 23.9 Å². The molecule has 140 valence electrons. The second-order valence-electron chi connectivity index (χ2n) is 5.97. The van der Waals surface area contributed by atoms with Crippen molar-refractivity contribution in [3.05, 3.63) is 45.6 Å². The summed E-state index contributed by atoms with van der Waals surface area (Å²) in [7, 11) is 0. The average molecular weight is 400 g/mol. The van der Waals surface area contributed by atoms with Crippen LogP contribution in [0.5, 0.6) is 0 Å². The van der Waals surface area contributed by atoms with Crippen LogP contribution in [-0.2, 0) is 11.3 Å². The van der Waals surface area contributed by atoms with E-state index in [-0.39, 0.29) is 29.4 Å². The molecule has 11 heteroatoms. The molecule has 4 N–H and O–H groups in total. The third-order valence-electron chi connectivity index (χ3n) is 4.20. The van der Waals surface area contributed by atoms with Crippen molar-refractivity contribution in [1.82, 2.24) is 10.1 Å². The van der Waals surface area contributed by atoms with Gasteiger partial charge in [-0.25, -0.2) is 0 Å². The number of halogens is 1. The molecule has 0 aliphatic heterocycles. The maximum atomic E-state index is 11.2. The molecule has 0 atom stereocenters. The third-order valence-corrected chi connectivity index (χ3v) is 5.25. The van der Waals surface area contributed by atoms with Crippen LogP contribution in [0.15, 0.2) is 27.6 Å². The largest absolute Gasteiger partial charge is 0.366 e. The standard InChI is InChI=1S/C15H17N5O4S.ClH/c16-13(21)9-3-4-11(10(7-9)20(22)23)25-8-12-18-14(19-24-12)15(17)5-1-2-6-15;/h3-4,7H,1-2,5-6,8,17H2,(H2,16,21);1H. The lowest BCUT2D eigenvalue weighted by Crippen LogP contribution is -2.34. The fourth-order valence-electron chi connectivity index (χ4n) is 2.82. The Labute approximate surface area is 159 Å². The highest BCUT2D eigenvalue weighted by Gasteiger charge is 2.36. The number of nitrogens with zero attached hydrogens (tertiary/aromatic N) is 3. The zero-order valence-corrected chi connectivity index (χ0v) is 15.3. The number of thioether (sulfide) groups is 1. The number of aromatic nitrogens is 2. The quantitative estimate of drug-likeness (QED) is 0.427. The van der Waals surface area contributed by atoms with Crippen LogP contribution in [0.1, 0.15) is 47.8 Å². The molecule has 3 rings (SSSR count). The minimum Gasteiger partial charge on any atom is -0.366 e. The van der Waals surface area contributed by atoms with Crippen LogP contribution in [-0.4, -0.2) is 21.0 Å². The van der Waals surface area contributed by atoms with Crippen LogP contribution >= 0.6 is 24.2 Å². The molecule has 1 saturated carbocycles. The Balaban J connectivity index is 0.00000243. The Morgan fingerprint density at radius 3 is 2.69 bits per heavy atom. The number of hydrogen-bond acceptors (Lipinski definition) is 8. The van der Waals surface area contributed by atoms with Gasteiger partial charge in [0.15, 0.2) is 5.82 Å². The molecule has 0 spiro atoms. The summed E-state index contributed by atoms with van der Waals surface area (Å²) in [4.78, 5) is 26.5. The summed E-state index contributed by atoms with van der Waals surface area (Å²) in [5.74, 6) is 0.384. The van der Waals surface area contributed by atoms with Gasteiger partial charge >= 0.3 is 0 Å². The van der Waals surface area contributed by atoms with Crippen molar-refractivity contribution in [2.45, 2.75) is 41.9 Å². The Hall–Kier alpha value is -2.17. The van der Waals surface area contributed by atoms with Crippen LogP contribution in [0, 0.1) is 10.1 Å². The van der Waals surface area contributed by atoms with Gasteiger partial charge in [0, 0.05) is 11.6 Å². The number of nitrogens with two attached hydrogens (primary N) is 2. The van der Waals surface area contributed by atoms with Crippen LogP contribution in [0.4, 0.5) is 5.69 Å². The molecule has 1 fully saturated rings. The first-order valence-electron chi connectivity index (χ1n) is 7.72. The van der Waals surface area contributed by atoms with Crippen LogP contribution in [0.2, 0.25) is 0 Å². The van der Waals surface area contributed by atoms with Crippen LogP contribution in [0.3, 0.4) is 0 Å². The zero-order valence-electron chi connectivity index (χ0n) is 13.7. The van der Waals surface area contributed by atoms with Crippen LogP contribution in [0.25, 0.3) is 0 Å². The predicted octanol–water partition coefficient (Wildman–Crippen LogP) is 2.52. The first-order chi connectivity index (χ1) is 11.9. The van der Waals surface area contributed by atoms with Crippen molar-refractivity contribution in [2.75, 3.05) is 0 Å². The zero-order chi connectivity index (χ0) is 18.0. The van der Waals surface area contributed by atoms with Gasteiger partial charge in [-0.3, -0.25) is 14.9 Å². The second kappa shape index (κ2) is 8.02. The van der Waals surface area contributed by atoms with Gasteiger partial charge in [-0.15, -0.1) is 24.2 Å². The molecular formula is C15H18ClN5O4S. The molecule has 0 unspecified atom stereocenters. The number of nitro benzene ring substituents is 1. The highest BCUT2D eigenvalue weighted by atomic mass is 35.5. The van der Waals surface area contributed by atoms with Crippen molar-refractivity contribution < 1.29 is 14.2 Å². The number of carbonyl (C=O) groups is 1. The van der Waals surface area contributed by atoms with Crippen molar-refractivity contribution >= 4 is 35.8 Å². The molecule has 0 bridgehead atoms. The molecule has 1 amide bonds. The molecule has 1 aliphatic carbocycles. The van der Waals surface area contributed by atoms with E-state index in [0.29, 0.717) is 16.6 Å². The predicted molar refractivity (Wildman–Crippen MR) is 97.1 cm³/mol. The van der Waals surface area contributed by atoms with Gasteiger partial charge in [0.1, 0.15) is 0 Å². The van der Waals surface area contributed by atoms with E-state index in [4.69, 9.17) is 16.0 Å². The average Bonchev–Trinajstić information content (AvgIpc) is 3.22. The number of rotatable bonds is 6. The number of amides is 1. The summed E-state index contributed by atoms with van der Waals surface area (Å²) in [6.45, 7) is 0. The highest BCUT2D eigenvalue weighted by Crippen LogP contribution is 2.36. The summed E-state index contributed by atoms with van der Waals surface area (Å²) in [5, 5.41) is 15.2. The molecule has 1 aromatic carbocycles. The number of hydrogen-bond donors (Lipinski definition) is 2. The van der Waals surface area contributed by atoms with Gasteiger partial charge in [0.05, 0.1) is 21.1 Å². The van der Waals surface area contributed by atoms with E-state index in [2.05, 4.69) is 10.1 Å². The van der Waals surface area contributed by atoms with Crippen molar-refractivity contribution in [1.29, 1.82) is 0 Å². The molecule has 1 aromatic heterocycles. The maximum absolute atomic E-state index is 11.2. The van der Waals surface area contributed by atoms with Gasteiger partial charge < -0.3 is 16.0 Å². The van der Waals surface area contributed by atoms with E-state index >= 15 is 0 Å². The molecule has 26 heavy (non-hydrogen) atoms. The molecule has 1 aliphatic rings. The van der Waals surface area contributed by atoms with E-state index < -0.39 is 16.4 Å². The molecule has 9 nitrogen and oxygen atoms in total. The van der Waals surface area contributed by atoms with Crippen LogP contribution < -0.4 is 11.5 Å². The fraction of sp³-hybridized carbons (Fsp3) is 0.400. The SMILES string of the molecule is Cl.NC(=O)c1ccc(SCc2nc(C3(N)CCCC3)no2)c([N+](=O)[O-])c1. The number of primary amides is 1. The lowest BCUT2D eigenvalue weighted by atomic mass is 9.99. The summed E-state index contributed by atoms with van der Waals surface area (Å²) in [5.41, 5.74) is 10.8. The Morgan fingerprint density at radius 1 is 1.38 bits per heavy atom. The number of carbonyl (C=O) groups excluding carboxylic acids is 1. The Morgan fingerprint density at radius 2 is 2.08 bits per heavy atom.